The Kier molecular flexibility index (Phi) is 3.53. The van der Waals surface area contributed by atoms with E-state index in [-0.39, 0.29) is 12.3 Å². The SMILES string of the molecule is NC(=O)C(=NOCc1ncc[nH]1)c1csc(N)n1. The first-order chi connectivity index (χ1) is 8.66. The van der Waals surface area contributed by atoms with Gasteiger partial charge in [-0.05, 0) is 0 Å². The Morgan fingerprint density at radius 3 is 3.00 bits per heavy atom. The van der Waals surface area contributed by atoms with Gasteiger partial charge in [0.15, 0.2) is 17.5 Å². The van der Waals surface area contributed by atoms with E-state index in [4.69, 9.17) is 16.3 Å². The van der Waals surface area contributed by atoms with Gasteiger partial charge in [-0.3, -0.25) is 4.79 Å². The zero-order chi connectivity index (χ0) is 13.0. The lowest BCUT2D eigenvalue weighted by Crippen LogP contribution is -2.25. The molecule has 2 aromatic heterocycles. The molecule has 0 aliphatic heterocycles. The molecular formula is C9H10N6O2S. The van der Waals surface area contributed by atoms with E-state index in [2.05, 4.69) is 20.1 Å². The van der Waals surface area contributed by atoms with Crippen LogP contribution < -0.4 is 11.5 Å². The predicted octanol–water partition coefficient (Wildman–Crippen LogP) is -0.145. The van der Waals surface area contributed by atoms with Crippen LogP contribution in [0.1, 0.15) is 11.5 Å². The number of carbonyl (C=O) groups is 1. The summed E-state index contributed by atoms with van der Waals surface area (Å²) in [6.45, 7) is 0.101. The van der Waals surface area contributed by atoms with Crippen LogP contribution in [0, 0.1) is 0 Å². The molecule has 94 valence electrons. The summed E-state index contributed by atoms with van der Waals surface area (Å²) in [5.41, 5.74) is 10.9. The summed E-state index contributed by atoms with van der Waals surface area (Å²) in [6.07, 6.45) is 3.23. The second kappa shape index (κ2) is 5.27. The van der Waals surface area contributed by atoms with Gasteiger partial charge in [0.2, 0.25) is 0 Å². The third-order valence-electron chi connectivity index (χ3n) is 1.91. The van der Waals surface area contributed by atoms with Crippen LogP contribution in [0.3, 0.4) is 0 Å². The molecule has 9 heteroatoms. The quantitative estimate of drug-likeness (QED) is 0.511. The van der Waals surface area contributed by atoms with Crippen molar-refractivity contribution in [2.45, 2.75) is 6.61 Å². The number of aromatic amines is 1. The highest BCUT2D eigenvalue weighted by molar-refractivity contribution is 7.13. The van der Waals surface area contributed by atoms with Gasteiger partial charge in [-0.15, -0.1) is 11.3 Å². The number of hydrogen-bond donors (Lipinski definition) is 3. The number of nitrogen functional groups attached to an aromatic ring is 1. The Balaban J connectivity index is 2.08. The number of nitrogens with two attached hydrogens (primary N) is 2. The summed E-state index contributed by atoms with van der Waals surface area (Å²) in [5.74, 6) is -0.153. The molecule has 0 saturated heterocycles. The van der Waals surface area contributed by atoms with Crippen molar-refractivity contribution in [2.24, 2.45) is 10.9 Å². The molecule has 0 unspecified atom stereocenters. The fourth-order valence-corrected chi connectivity index (χ4v) is 1.70. The molecule has 0 atom stereocenters. The van der Waals surface area contributed by atoms with Crippen molar-refractivity contribution in [2.75, 3.05) is 5.73 Å². The molecule has 0 spiro atoms. The van der Waals surface area contributed by atoms with Gasteiger partial charge in [0.25, 0.3) is 5.91 Å². The summed E-state index contributed by atoms with van der Waals surface area (Å²) in [6, 6.07) is 0. The zero-order valence-electron chi connectivity index (χ0n) is 9.16. The largest absolute Gasteiger partial charge is 0.387 e. The van der Waals surface area contributed by atoms with E-state index in [9.17, 15) is 4.79 Å². The number of anilines is 1. The number of oxime groups is 1. The summed E-state index contributed by atoms with van der Waals surface area (Å²) in [7, 11) is 0. The van der Waals surface area contributed by atoms with Crippen molar-refractivity contribution in [3.05, 3.63) is 29.3 Å². The molecule has 0 saturated carbocycles. The van der Waals surface area contributed by atoms with Gasteiger partial charge in [-0.25, -0.2) is 9.97 Å². The lowest BCUT2D eigenvalue weighted by atomic mass is 10.3. The molecule has 2 rings (SSSR count). The summed E-state index contributed by atoms with van der Waals surface area (Å²) in [5, 5.41) is 5.56. The van der Waals surface area contributed by atoms with Crippen molar-refractivity contribution in [3.8, 4) is 0 Å². The van der Waals surface area contributed by atoms with Gasteiger partial charge in [-0.1, -0.05) is 5.16 Å². The van der Waals surface area contributed by atoms with Crippen LogP contribution in [0.5, 0.6) is 0 Å². The average molecular weight is 266 g/mol. The van der Waals surface area contributed by atoms with Crippen LogP contribution in [0.25, 0.3) is 0 Å². The molecule has 5 N–H and O–H groups in total. The standard InChI is InChI=1S/C9H10N6O2S/c10-8(16)7(5-4-18-9(11)14-5)15-17-3-6-12-1-2-13-6/h1-2,4H,3H2,(H2,10,16)(H2,11,14)(H,12,13). The third-order valence-corrected chi connectivity index (χ3v) is 2.58. The second-order valence-corrected chi connectivity index (χ2v) is 4.07. The van der Waals surface area contributed by atoms with E-state index in [0.717, 1.165) is 0 Å². The summed E-state index contributed by atoms with van der Waals surface area (Å²) >= 11 is 1.19. The number of primary amides is 1. The molecule has 0 bridgehead atoms. The monoisotopic (exact) mass is 266 g/mol. The summed E-state index contributed by atoms with van der Waals surface area (Å²) in [4.78, 5) is 26.9. The minimum absolute atomic E-state index is 0.0745. The van der Waals surface area contributed by atoms with Crippen molar-refractivity contribution in [1.29, 1.82) is 0 Å². The van der Waals surface area contributed by atoms with E-state index in [1.165, 1.54) is 11.3 Å². The van der Waals surface area contributed by atoms with Crippen molar-refractivity contribution in [1.82, 2.24) is 15.0 Å². The number of aromatic nitrogens is 3. The van der Waals surface area contributed by atoms with Crippen LogP contribution >= 0.6 is 11.3 Å². The van der Waals surface area contributed by atoms with Crippen LogP contribution in [-0.4, -0.2) is 26.6 Å². The smallest absolute Gasteiger partial charge is 0.273 e. The van der Waals surface area contributed by atoms with Crippen LogP contribution in [-0.2, 0) is 16.2 Å². The van der Waals surface area contributed by atoms with E-state index in [0.29, 0.717) is 16.6 Å². The predicted molar refractivity (Wildman–Crippen MR) is 65.6 cm³/mol. The number of nitrogens with zero attached hydrogens (tertiary/aromatic N) is 3. The molecule has 1 amide bonds. The Bertz CT molecular complexity index is 561. The molecule has 2 aromatic rings. The van der Waals surface area contributed by atoms with Gasteiger partial charge in [0.1, 0.15) is 11.5 Å². The number of thiazole rings is 1. The second-order valence-electron chi connectivity index (χ2n) is 3.18. The first-order valence-electron chi connectivity index (χ1n) is 4.86. The van der Waals surface area contributed by atoms with Crippen LogP contribution in [0.4, 0.5) is 5.13 Å². The average Bonchev–Trinajstić information content (AvgIpc) is 2.95. The normalized spacial score (nSPS) is 11.4. The maximum atomic E-state index is 11.2. The molecule has 8 nitrogen and oxygen atoms in total. The molecule has 0 aromatic carbocycles. The lowest BCUT2D eigenvalue weighted by molar-refractivity contribution is -0.112. The fourth-order valence-electron chi connectivity index (χ4n) is 1.15. The minimum atomic E-state index is -0.736. The van der Waals surface area contributed by atoms with E-state index in [1.54, 1.807) is 17.8 Å². The zero-order valence-corrected chi connectivity index (χ0v) is 9.98. The third kappa shape index (κ3) is 2.83. The van der Waals surface area contributed by atoms with Crippen LogP contribution in [0.15, 0.2) is 22.9 Å². The number of carbonyl (C=O) groups excluding carboxylic acids is 1. The maximum absolute atomic E-state index is 11.2. The Labute approximate surface area is 106 Å². The minimum Gasteiger partial charge on any atom is -0.387 e. The molecule has 0 fully saturated rings. The van der Waals surface area contributed by atoms with Gasteiger partial charge in [0.05, 0.1) is 0 Å². The number of nitrogens with one attached hydrogen (secondary N) is 1. The number of rotatable bonds is 5. The van der Waals surface area contributed by atoms with Crippen molar-refractivity contribution >= 4 is 28.1 Å². The van der Waals surface area contributed by atoms with Gasteiger partial charge in [-0.2, -0.15) is 0 Å². The van der Waals surface area contributed by atoms with Gasteiger partial charge >= 0.3 is 0 Å². The van der Waals surface area contributed by atoms with Gasteiger partial charge in [0, 0.05) is 17.8 Å². The Hall–Kier alpha value is -2.42. The lowest BCUT2D eigenvalue weighted by Gasteiger charge is -1.99. The van der Waals surface area contributed by atoms with E-state index < -0.39 is 5.91 Å². The highest BCUT2D eigenvalue weighted by Gasteiger charge is 2.15. The molecular weight excluding hydrogens is 256 g/mol. The van der Waals surface area contributed by atoms with Crippen LogP contribution in [0.2, 0.25) is 0 Å². The highest BCUT2D eigenvalue weighted by atomic mass is 32.1. The number of imidazole rings is 1. The highest BCUT2D eigenvalue weighted by Crippen LogP contribution is 2.12. The fraction of sp³-hybridized carbons (Fsp3) is 0.111. The summed E-state index contributed by atoms with van der Waals surface area (Å²) < 4.78 is 0. The number of hydrogen-bond acceptors (Lipinski definition) is 7. The first kappa shape index (κ1) is 12.0. The van der Waals surface area contributed by atoms with Gasteiger partial charge < -0.3 is 21.3 Å². The topological polar surface area (TPSA) is 132 Å². The van der Waals surface area contributed by atoms with Crippen molar-refractivity contribution in [3.63, 3.8) is 0 Å². The Morgan fingerprint density at radius 1 is 1.61 bits per heavy atom. The molecule has 18 heavy (non-hydrogen) atoms. The number of amides is 1. The number of H-pyrrole nitrogens is 1. The maximum Gasteiger partial charge on any atom is 0.273 e. The molecule has 0 aliphatic rings. The van der Waals surface area contributed by atoms with E-state index >= 15 is 0 Å². The molecule has 0 radical (unpaired) electrons. The van der Waals surface area contributed by atoms with E-state index in [1.807, 2.05) is 0 Å². The van der Waals surface area contributed by atoms with Crippen molar-refractivity contribution < 1.29 is 9.63 Å². The molecule has 0 aliphatic carbocycles. The molecule has 2 heterocycles. The Morgan fingerprint density at radius 2 is 2.44 bits per heavy atom. The first-order valence-corrected chi connectivity index (χ1v) is 5.74.